The fourth-order valence-corrected chi connectivity index (χ4v) is 3.48. The summed E-state index contributed by atoms with van der Waals surface area (Å²) in [5.41, 5.74) is 0.0833. The average Bonchev–Trinajstić information content (AvgIpc) is 2.82. The number of hydrogen-bond acceptors (Lipinski definition) is 2. The van der Waals surface area contributed by atoms with Gasteiger partial charge >= 0.3 is 6.18 Å². The minimum atomic E-state index is -4.40. The van der Waals surface area contributed by atoms with E-state index in [4.69, 9.17) is 0 Å². The van der Waals surface area contributed by atoms with Crippen molar-refractivity contribution in [3.05, 3.63) is 23.5 Å². The summed E-state index contributed by atoms with van der Waals surface area (Å²) in [7, 11) is 1.70. The molecule has 0 aromatic carbocycles. The minimum Gasteiger partial charge on any atom is -0.344 e. The maximum Gasteiger partial charge on any atom is 0.413 e. The molecule has 0 N–H and O–H groups in total. The lowest BCUT2D eigenvalue weighted by molar-refractivity contribution is -0.130. The van der Waals surface area contributed by atoms with Gasteiger partial charge in [-0.2, -0.15) is 13.2 Å². The van der Waals surface area contributed by atoms with Crippen molar-refractivity contribution in [2.45, 2.75) is 78.9 Å². The Morgan fingerprint density at radius 1 is 1.31 bits per heavy atom. The summed E-state index contributed by atoms with van der Waals surface area (Å²) in [4.78, 5) is 15.7. The Labute approximate surface area is 155 Å². The van der Waals surface area contributed by atoms with E-state index >= 15 is 0 Å². The highest BCUT2D eigenvalue weighted by Crippen LogP contribution is 2.35. The summed E-state index contributed by atoms with van der Waals surface area (Å²) in [6.07, 6.45) is 2.56. The smallest absolute Gasteiger partial charge is 0.344 e. The molecule has 0 aromatic rings. The molecule has 1 saturated heterocycles. The van der Waals surface area contributed by atoms with Crippen molar-refractivity contribution in [3.63, 3.8) is 0 Å². The fourth-order valence-electron chi connectivity index (χ4n) is 3.48. The van der Waals surface area contributed by atoms with Gasteiger partial charge in [-0.15, -0.1) is 0 Å². The number of rotatable bonds is 8. The first-order valence-corrected chi connectivity index (χ1v) is 9.41. The Morgan fingerprint density at radius 2 is 1.92 bits per heavy atom. The molecule has 0 aromatic heterocycles. The summed E-state index contributed by atoms with van der Waals surface area (Å²) in [6.45, 7) is 9.95. The van der Waals surface area contributed by atoms with Crippen molar-refractivity contribution in [2.24, 2.45) is 5.41 Å². The van der Waals surface area contributed by atoms with Gasteiger partial charge in [-0.1, -0.05) is 40.2 Å². The van der Waals surface area contributed by atoms with Gasteiger partial charge in [0.2, 0.25) is 5.91 Å². The monoisotopic (exact) mass is 374 g/mol. The highest BCUT2D eigenvalue weighted by molar-refractivity contribution is 5.84. The molecular weight excluding hydrogens is 341 g/mol. The second-order valence-electron chi connectivity index (χ2n) is 7.98. The van der Waals surface area contributed by atoms with E-state index in [1.54, 1.807) is 16.8 Å². The van der Waals surface area contributed by atoms with Gasteiger partial charge < -0.3 is 9.80 Å². The maximum absolute atomic E-state index is 13.2. The summed E-state index contributed by atoms with van der Waals surface area (Å²) >= 11 is 0. The standard InChI is InChI=1S/C20H33F3N2O/c1-7-9-16(13-19(4,5)11-8-2)25(14-15(3)20(21,22)23)17-10-12-24(6)18(17)26/h9,14,17H,7-8,10-13H2,1-6H3/b15-14+,16-9+. The van der Waals surface area contributed by atoms with Crippen LogP contribution in [0.15, 0.2) is 23.5 Å². The molecule has 0 spiro atoms. The van der Waals surface area contributed by atoms with Crippen LogP contribution in [-0.2, 0) is 4.79 Å². The normalized spacial score (nSPS) is 20.1. The molecule has 0 bridgehead atoms. The van der Waals surface area contributed by atoms with Crippen molar-refractivity contribution >= 4 is 5.91 Å². The van der Waals surface area contributed by atoms with Crippen LogP contribution < -0.4 is 0 Å². The second-order valence-corrected chi connectivity index (χ2v) is 7.98. The third-order valence-corrected chi connectivity index (χ3v) is 4.87. The molecule has 1 heterocycles. The van der Waals surface area contributed by atoms with E-state index in [1.165, 1.54) is 0 Å². The van der Waals surface area contributed by atoms with Gasteiger partial charge in [0.15, 0.2) is 0 Å². The lowest BCUT2D eigenvalue weighted by Crippen LogP contribution is -2.39. The van der Waals surface area contributed by atoms with E-state index < -0.39 is 17.8 Å². The Bertz CT molecular complexity index is 550. The highest BCUT2D eigenvalue weighted by Gasteiger charge is 2.38. The zero-order valence-corrected chi connectivity index (χ0v) is 16.9. The van der Waals surface area contributed by atoms with Crippen LogP contribution in [0.2, 0.25) is 0 Å². The fraction of sp³-hybridized carbons (Fsp3) is 0.750. The molecule has 1 aliphatic rings. The molecule has 0 radical (unpaired) electrons. The SMILES string of the molecule is CC/C=C(\CC(C)(C)CCC)N(/C=C(\C)C(F)(F)F)C1CCN(C)C1=O. The molecule has 26 heavy (non-hydrogen) atoms. The quantitative estimate of drug-likeness (QED) is 0.560. The molecular formula is C20H33F3N2O. The Balaban J connectivity index is 3.31. The van der Waals surface area contributed by atoms with E-state index in [0.717, 1.165) is 31.7 Å². The lowest BCUT2D eigenvalue weighted by Gasteiger charge is -2.35. The predicted octanol–water partition coefficient (Wildman–Crippen LogP) is 5.50. The Morgan fingerprint density at radius 3 is 2.35 bits per heavy atom. The number of carbonyl (C=O) groups excluding carboxylic acids is 1. The van der Waals surface area contributed by atoms with Crippen molar-refractivity contribution < 1.29 is 18.0 Å². The number of allylic oxidation sites excluding steroid dienone is 3. The third-order valence-electron chi connectivity index (χ3n) is 4.87. The van der Waals surface area contributed by atoms with Gasteiger partial charge in [-0.05, 0) is 38.0 Å². The number of likely N-dealkylation sites (tertiary alicyclic amines) is 1. The van der Waals surface area contributed by atoms with E-state index in [9.17, 15) is 18.0 Å². The molecule has 6 heteroatoms. The largest absolute Gasteiger partial charge is 0.413 e. The number of likely N-dealkylation sites (N-methyl/N-ethyl adjacent to an activating group) is 1. The van der Waals surface area contributed by atoms with Crippen molar-refractivity contribution in [1.82, 2.24) is 9.80 Å². The molecule has 3 nitrogen and oxygen atoms in total. The molecule has 1 fully saturated rings. The zero-order chi connectivity index (χ0) is 20.1. The summed E-state index contributed by atoms with van der Waals surface area (Å²) in [5.74, 6) is -0.119. The predicted molar refractivity (Wildman–Crippen MR) is 99.4 cm³/mol. The maximum atomic E-state index is 13.2. The summed E-state index contributed by atoms with van der Waals surface area (Å²) in [6, 6.07) is -0.562. The summed E-state index contributed by atoms with van der Waals surface area (Å²) < 4.78 is 39.5. The lowest BCUT2D eigenvalue weighted by atomic mass is 9.82. The molecule has 1 aliphatic heterocycles. The van der Waals surface area contributed by atoms with E-state index in [1.807, 2.05) is 13.0 Å². The first-order valence-electron chi connectivity index (χ1n) is 9.41. The number of nitrogens with zero attached hydrogens (tertiary/aromatic N) is 2. The van der Waals surface area contributed by atoms with Gasteiger partial charge in [-0.3, -0.25) is 4.79 Å². The molecule has 1 amide bonds. The van der Waals surface area contributed by atoms with Crippen LogP contribution in [0.25, 0.3) is 0 Å². The highest BCUT2D eigenvalue weighted by atomic mass is 19.4. The van der Waals surface area contributed by atoms with Crippen LogP contribution in [0, 0.1) is 5.41 Å². The van der Waals surface area contributed by atoms with Crippen LogP contribution >= 0.6 is 0 Å². The van der Waals surface area contributed by atoms with Gasteiger partial charge in [0.1, 0.15) is 6.04 Å². The van der Waals surface area contributed by atoms with Crippen LogP contribution in [0.4, 0.5) is 13.2 Å². The number of halogens is 3. The van der Waals surface area contributed by atoms with Gasteiger partial charge in [-0.25, -0.2) is 0 Å². The number of amides is 1. The van der Waals surface area contributed by atoms with E-state index in [2.05, 4.69) is 20.8 Å². The molecule has 0 saturated carbocycles. The summed E-state index contributed by atoms with van der Waals surface area (Å²) in [5, 5.41) is 0. The molecule has 1 unspecified atom stereocenters. The van der Waals surface area contributed by atoms with Crippen molar-refractivity contribution in [1.29, 1.82) is 0 Å². The van der Waals surface area contributed by atoms with Crippen LogP contribution in [0.5, 0.6) is 0 Å². The van der Waals surface area contributed by atoms with Gasteiger partial charge in [0.25, 0.3) is 0 Å². The average molecular weight is 374 g/mol. The number of alkyl halides is 3. The minimum absolute atomic E-state index is 0.0401. The van der Waals surface area contributed by atoms with Crippen LogP contribution in [0.1, 0.15) is 66.7 Å². The third kappa shape index (κ3) is 6.06. The first kappa shape index (κ1) is 22.6. The van der Waals surface area contributed by atoms with Gasteiger partial charge in [0, 0.05) is 31.1 Å². The van der Waals surface area contributed by atoms with Crippen molar-refractivity contribution in [2.75, 3.05) is 13.6 Å². The topological polar surface area (TPSA) is 23.6 Å². The van der Waals surface area contributed by atoms with Crippen LogP contribution in [0.3, 0.4) is 0 Å². The van der Waals surface area contributed by atoms with E-state index in [-0.39, 0.29) is 11.3 Å². The molecule has 150 valence electrons. The first-order chi connectivity index (χ1) is 11.9. The van der Waals surface area contributed by atoms with Crippen LogP contribution in [-0.4, -0.2) is 41.5 Å². The number of hydrogen-bond donors (Lipinski definition) is 0. The van der Waals surface area contributed by atoms with Crippen molar-refractivity contribution in [3.8, 4) is 0 Å². The molecule has 1 rings (SSSR count). The Kier molecular flexibility index (Phi) is 7.78. The van der Waals surface area contributed by atoms with E-state index in [0.29, 0.717) is 25.8 Å². The zero-order valence-electron chi connectivity index (χ0n) is 16.9. The van der Waals surface area contributed by atoms with Gasteiger partial charge in [0.05, 0.1) is 0 Å². The second kappa shape index (κ2) is 8.96. The number of carbonyl (C=O) groups is 1. The Hall–Kier alpha value is -1.46. The molecule has 1 atom stereocenters. The molecule has 0 aliphatic carbocycles.